The number of nitrogens with zero attached hydrogens (tertiary/aromatic N) is 2. The second kappa shape index (κ2) is 8.96. The van der Waals surface area contributed by atoms with Crippen molar-refractivity contribution in [3.05, 3.63) is 88.9 Å². The van der Waals surface area contributed by atoms with Crippen LogP contribution in [0.1, 0.15) is 35.9 Å². The molecule has 3 aromatic carbocycles. The summed E-state index contributed by atoms with van der Waals surface area (Å²) in [5, 5.41) is 3.46. The molecule has 188 valence electrons. The number of Topliss-reactive ketones (excluding diaryl/α,β-unsaturated/α-hetero) is 1. The van der Waals surface area contributed by atoms with E-state index >= 15 is 0 Å². The maximum absolute atomic E-state index is 13.9. The average Bonchev–Trinajstić information content (AvgIpc) is 3.29. The predicted octanol–water partition coefficient (Wildman–Crippen LogP) is 5.62. The van der Waals surface area contributed by atoms with Gasteiger partial charge >= 0.3 is 0 Å². The Kier molecular flexibility index (Phi) is 5.59. The van der Waals surface area contributed by atoms with Crippen molar-refractivity contribution in [1.29, 1.82) is 0 Å². The lowest BCUT2D eigenvalue weighted by atomic mass is 9.77. The molecule has 2 heterocycles. The van der Waals surface area contributed by atoms with Gasteiger partial charge in [-0.3, -0.25) is 9.36 Å². The van der Waals surface area contributed by atoms with Crippen LogP contribution in [0.5, 0.6) is 17.2 Å². The van der Waals surface area contributed by atoms with Gasteiger partial charge in [0, 0.05) is 17.7 Å². The van der Waals surface area contributed by atoms with Crippen LogP contribution in [0.4, 0.5) is 10.3 Å². The zero-order chi connectivity index (χ0) is 25.7. The minimum Gasteiger partial charge on any atom is -0.493 e. The summed E-state index contributed by atoms with van der Waals surface area (Å²) in [5.74, 6) is 1.88. The van der Waals surface area contributed by atoms with Gasteiger partial charge < -0.3 is 19.5 Å². The molecule has 0 fully saturated rings. The van der Waals surface area contributed by atoms with Crippen LogP contribution in [-0.2, 0) is 4.79 Å². The third-order valence-electron chi connectivity index (χ3n) is 7.24. The summed E-state index contributed by atoms with van der Waals surface area (Å²) in [6.45, 7) is 0. The number of imidazole rings is 1. The number of fused-ring (bicyclic) bond motifs is 3. The van der Waals surface area contributed by atoms with Crippen LogP contribution < -0.4 is 19.5 Å². The first-order valence-corrected chi connectivity index (χ1v) is 12.1. The first-order chi connectivity index (χ1) is 18.0. The second-order valence-electron chi connectivity index (χ2n) is 9.25. The van der Waals surface area contributed by atoms with E-state index < -0.39 is 6.04 Å². The maximum Gasteiger partial charge on any atom is 0.209 e. The maximum atomic E-state index is 13.9. The number of carbonyl (C=O) groups excluding carboxylic acids is 1. The molecule has 1 aromatic heterocycles. The Morgan fingerprint density at radius 2 is 1.62 bits per heavy atom. The molecule has 0 saturated heterocycles. The van der Waals surface area contributed by atoms with E-state index in [4.69, 9.17) is 19.2 Å². The molecule has 0 spiro atoms. The second-order valence-corrected chi connectivity index (χ2v) is 9.25. The number of aromatic nitrogens is 2. The summed E-state index contributed by atoms with van der Waals surface area (Å²) in [5.41, 5.74) is 5.00. The molecular formula is C29H26FN3O4. The van der Waals surface area contributed by atoms with Gasteiger partial charge in [0.15, 0.2) is 17.3 Å². The van der Waals surface area contributed by atoms with Gasteiger partial charge in [-0.15, -0.1) is 0 Å². The van der Waals surface area contributed by atoms with E-state index in [1.54, 1.807) is 33.5 Å². The highest BCUT2D eigenvalue weighted by Gasteiger charge is 2.40. The molecule has 0 radical (unpaired) electrons. The standard InChI is InChI=1S/C29H26FN3O4/c1-35-24-14-18(15-25(36-2)28(24)37-3)17-12-21-26(23(34)13-17)27(16-8-10-19(30)11-9-16)33-22-7-5-4-6-20(22)31-29(33)32-21/h4-11,14-15,17,27H,12-13H2,1-3H3,(H,31,32). The van der Waals surface area contributed by atoms with Gasteiger partial charge in [0.25, 0.3) is 0 Å². The number of carbonyl (C=O) groups is 1. The number of allylic oxidation sites excluding steroid dienone is 2. The van der Waals surface area contributed by atoms with Crippen molar-refractivity contribution in [1.82, 2.24) is 9.55 Å². The minimum absolute atomic E-state index is 0.0326. The molecular weight excluding hydrogens is 473 g/mol. The number of hydrogen-bond donors (Lipinski definition) is 1. The first kappa shape index (κ1) is 23.1. The van der Waals surface area contributed by atoms with Crippen molar-refractivity contribution < 1.29 is 23.4 Å². The molecule has 1 aliphatic heterocycles. The molecule has 6 rings (SSSR count). The van der Waals surface area contributed by atoms with Gasteiger partial charge in [0.1, 0.15) is 5.82 Å². The predicted molar refractivity (Wildman–Crippen MR) is 138 cm³/mol. The smallest absolute Gasteiger partial charge is 0.209 e. The van der Waals surface area contributed by atoms with E-state index in [1.807, 2.05) is 41.0 Å². The molecule has 2 atom stereocenters. The van der Waals surface area contributed by atoms with Gasteiger partial charge in [0.2, 0.25) is 11.7 Å². The van der Waals surface area contributed by atoms with Gasteiger partial charge in [-0.25, -0.2) is 9.37 Å². The van der Waals surface area contributed by atoms with Crippen LogP contribution in [0, 0.1) is 5.82 Å². The quantitative estimate of drug-likeness (QED) is 0.384. The van der Waals surface area contributed by atoms with Crippen LogP contribution in [0.3, 0.4) is 0 Å². The number of ether oxygens (including phenoxy) is 3. The Bertz CT molecular complexity index is 1530. The SMILES string of the molecule is COc1cc(C2CC(=O)C3=C(C2)Nc2nc4ccccc4n2C3c2ccc(F)cc2)cc(OC)c1OC. The van der Waals surface area contributed by atoms with Crippen molar-refractivity contribution in [3.8, 4) is 17.2 Å². The molecule has 4 aromatic rings. The molecule has 0 amide bonds. The summed E-state index contributed by atoms with van der Waals surface area (Å²) in [7, 11) is 4.72. The molecule has 2 unspecified atom stereocenters. The largest absolute Gasteiger partial charge is 0.493 e. The summed E-state index contributed by atoms with van der Waals surface area (Å²) < 4.78 is 32.4. The fourth-order valence-corrected chi connectivity index (χ4v) is 5.56. The van der Waals surface area contributed by atoms with Gasteiger partial charge in [0.05, 0.1) is 38.4 Å². The molecule has 0 bridgehead atoms. The van der Waals surface area contributed by atoms with Crippen molar-refractivity contribution in [2.45, 2.75) is 24.8 Å². The molecule has 0 saturated carbocycles. The van der Waals surface area contributed by atoms with Crippen LogP contribution >= 0.6 is 0 Å². The topological polar surface area (TPSA) is 74.6 Å². The number of hydrogen-bond acceptors (Lipinski definition) is 6. The van der Waals surface area contributed by atoms with Crippen molar-refractivity contribution >= 4 is 22.8 Å². The molecule has 8 heteroatoms. The number of ketones is 1. The van der Waals surface area contributed by atoms with E-state index in [0.29, 0.717) is 41.6 Å². The Labute approximate surface area is 213 Å². The van der Waals surface area contributed by atoms with Gasteiger partial charge in [-0.05, 0) is 59.9 Å². The van der Waals surface area contributed by atoms with Crippen molar-refractivity contribution in [2.24, 2.45) is 0 Å². The van der Waals surface area contributed by atoms with E-state index in [1.165, 1.54) is 12.1 Å². The zero-order valence-electron chi connectivity index (χ0n) is 20.7. The monoisotopic (exact) mass is 499 g/mol. The fourth-order valence-electron chi connectivity index (χ4n) is 5.56. The van der Waals surface area contributed by atoms with E-state index in [-0.39, 0.29) is 17.5 Å². The van der Waals surface area contributed by atoms with Crippen LogP contribution in [-0.4, -0.2) is 36.7 Å². The highest BCUT2D eigenvalue weighted by atomic mass is 19.1. The third kappa shape index (κ3) is 3.71. The number of halogens is 1. The number of anilines is 1. The third-order valence-corrected chi connectivity index (χ3v) is 7.24. The lowest BCUT2D eigenvalue weighted by Crippen LogP contribution is -2.33. The highest BCUT2D eigenvalue weighted by Crippen LogP contribution is 2.48. The molecule has 1 aliphatic carbocycles. The summed E-state index contributed by atoms with van der Waals surface area (Å²) in [6.07, 6.45) is 0.916. The Balaban J connectivity index is 1.48. The van der Waals surface area contributed by atoms with Gasteiger partial charge in [-0.1, -0.05) is 24.3 Å². The van der Waals surface area contributed by atoms with Crippen molar-refractivity contribution in [2.75, 3.05) is 26.6 Å². The van der Waals surface area contributed by atoms with E-state index in [2.05, 4.69) is 5.32 Å². The number of benzene rings is 3. The lowest BCUT2D eigenvalue weighted by Gasteiger charge is -2.36. The normalized spacial score (nSPS) is 18.8. The van der Waals surface area contributed by atoms with Crippen LogP contribution in [0.2, 0.25) is 0 Å². The number of nitrogens with one attached hydrogen (secondary N) is 1. The summed E-state index contributed by atoms with van der Waals surface area (Å²) in [6, 6.07) is 17.6. The van der Waals surface area contributed by atoms with E-state index in [0.717, 1.165) is 27.9 Å². The van der Waals surface area contributed by atoms with Crippen LogP contribution in [0.25, 0.3) is 11.0 Å². The average molecular weight is 500 g/mol. The molecule has 2 aliphatic rings. The first-order valence-electron chi connectivity index (χ1n) is 12.1. The van der Waals surface area contributed by atoms with Gasteiger partial charge in [-0.2, -0.15) is 0 Å². The molecule has 37 heavy (non-hydrogen) atoms. The van der Waals surface area contributed by atoms with Crippen molar-refractivity contribution in [3.63, 3.8) is 0 Å². The number of methoxy groups -OCH3 is 3. The highest BCUT2D eigenvalue weighted by molar-refractivity contribution is 6.01. The minimum atomic E-state index is -0.410. The molecule has 1 N–H and O–H groups in total. The Hall–Kier alpha value is -4.33. The lowest BCUT2D eigenvalue weighted by molar-refractivity contribution is -0.116. The fraction of sp³-hybridized carbons (Fsp3) is 0.241. The molecule has 7 nitrogen and oxygen atoms in total. The Morgan fingerprint density at radius 3 is 2.30 bits per heavy atom. The number of rotatable bonds is 5. The summed E-state index contributed by atoms with van der Waals surface area (Å²) >= 11 is 0. The Morgan fingerprint density at radius 1 is 0.919 bits per heavy atom. The van der Waals surface area contributed by atoms with E-state index in [9.17, 15) is 9.18 Å². The number of para-hydroxylation sites is 2. The zero-order valence-corrected chi connectivity index (χ0v) is 20.7. The summed E-state index contributed by atoms with van der Waals surface area (Å²) in [4.78, 5) is 18.7. The van der Waals surface area contributed by atoms with Crippen LogP contribution in [0.15, 0.2) is 71.9 Å².